The lowest BCUT2D eigenvalue weighted by Gasteiger charge is -2.14. The summed E-state index contributed by atoms with van der Waals surface area (Å²) < 4.78 is 18.3. The first-order valence-corrected chi connectivity index (χ1v) is 8.10. The van der Waals surface area contributed by atoms with E-state index < -0.39 is 6.09 Å². The van der Waals surface area contributed by atoms with Crippen molar-refractivity contribution in [3.63, 3.8) is 0 Å². The highest BCUT2D eigenvalue weighted by Crippen LogP contribution is 2.44. The van der Waals surface area contributed by atoms with Gasteiger partial charge in [0, 0.05) is 11.6 Å². The molecule has 1 aliphatic carbocycles. The molecule has 0 fully saturated rings. The molecule has 0 aliphatic heterocycles. The zero-order chi connectivity index (χ0) is 17.2. The summed E-state index contributed by atoms with van der Waals surface area (Å²) in [6.07, 6.45) is -0.548. The van der Waals surface area contributed by atoms with E-state index in [2.05, 4.69) is 29.6 Å². The van der Waals surface area contributed by atoms with Gasteiger partial charge in [-0.2, -0.15) is 0 Å². The molecule has 0 unspecified atom stereocenters. The molecule has 25 heavy (non-hydrogen) atoms. The fourth-order valence-corrected chi connectivity index (χ4v) is 3.29. The van der Waals surface area contributed by atoms with Crippen molar-refractivity contribution >= 4 is 11.8 Å². The number of amides is 1. The van der Waals surface area contributed by atoms with Gasteiger partial charge in [-0.15, -0.1) is 0 Å². The Morgan fingerprint density at radius 2 is 1.44 bits per heavy atom. The molecular weight excluding hydrogens is 317 g/mol. The number of benzene rings is 3. The summed E-state index contributed by atoms with van der Waals surface area (Å²) in [6.45, 7) is 0.251. The third kappa shape index (κ3) is 2.98. The maximum atomic E-state index is 12.9. The van der Waals surface area contributed by atoms with E-state index >= 15 is 0 Å². The van der Waals surface area contributed by atoms with Gasteiger partial charge < -0.3 is 4.74 Å². The fraction of sp³-hybridized carbons (Fsp3) is 0.0952. The smallest absolute Gasteiger partial charge is 0.411 e. The first kappa shape index (κ1) is 15.4. The van der Waals surface area contributed by atoms with E-state index in [1.165, 1.54) is 46.5 Å². The number of fused-ring (bicyclic) bond motifs is 3. The second kappa shape index (κ2) is 6.40. The number of ether oxygens (including phenoxy) is 1. The Morgan fingerprint density at radius 1 is 0.880 bits per heavy atom. The van der Waals surface area contributed by atoms with Gasteiger partial charge in [-0.1, -0.05) is 48.5 Å². The van der Waals surface area contributed by atoms with Crippen LogP contribution in [0.15, 0.2) is 72.8 Å². The molecule has 3 aromatic carbocycles. The van der Waals surface area contributed by atoms with E-state index in [1.807, 2.05) is 24.3 Å². The van der Waals surface area contributed by atoms with Crippen molar-refractivity contribution in [2.75, 3.05) is 11.9 Å². The number of halogens is 1. The van der Waals surface area contributed by atoms with E-state index in [0.717, 1.165) is 0 Å². The lowest BCUT2D eigenvalue weighted by atomic mass is 9.98. The fourth-order valence-electron chi connectivity index (χ4n) is 3.29. The molecule has 4 heteroatoms. The van der Waals surface area contributed by atoms with E-state index in [-0.39, 0.29) is 18.3 Å². The summed E-state index contributed by atoms with van der Waals surface area (Å²) in [4.78, 5) is 12.1. The van der Waals surface area contributed by atoms with Crippen LogP contribution in [0.25, 0.3) is 11.1 Å². The quantitative estimate of drug-likeness (QED) is 0.716. The standard InChI is InChI=1S/C21H16FNO2/c22-14-9-11-15(12-10-14)23-21(24)25-13-20-18-7-3-1-5-16(18)17-6-2-4-8-19(17)20/h1-12,20H,13H2,(H,23,24). The van der Waals surface area contributed by atoms with Crippen molar-refractivity contribution in [1.29, 1.82) is 0 Å². The van der Waals surface area contributed by atoms with Crippen LogP contribution in [0.1, 0.15) is 17.0 Å². The van der Waals surface area contributed by atoms with Crippen LogP contribution < -0.4 is 5.32 Å². The molecule has 1 amide bonds. The summed E-state index contributed by atoms with van der Waals surface area (Å²) in [5.74, 6) is -0.329. The molecule has 0 bridgehead atoms. The minimum atomic E-state index is -0.548. The summed E-state index contributed by atoms with van der Waals surface area (Å²) in [5.41, 5.74) is 5.20. The second-order valence-electron chi connectivity index (χ2n) is 5.96. The van der Waals surface area contributed by atoms with Crippen LogP contribution in [-0.4, -0.2) is 12.7 Å². The molecule has 0 saturated carbocycles. The number of hydrogen-bond acceptors (Lipinski definition) is 2. The summed E-state index contributed by atoms with van der Waals surface area (Å²) >= 11 is 0. The predicted molar refractivity (Wildman–Crippen MR) is 95.1 cm³/mol. The monoisotopic (exact) mass is 333 g/mol. The van der Waals surface area contributed by atoms with Gasteiger partial charge in [0.1, 0.15) is 12.4 Å². The Bertz CT molecular complexity index is 876. The summed E-state index contributed by atoms with van der Waals surface area (Å²) in [5, 5.41) is 2.61. The highest BCUT2D eigenvalue weighted by atomic mass is 19.1. The molecular formula is C21H16FNO2. The van der Waals surface area contributed by atoms with Gasteiger partial charge >= 0.3 is 6.09 Å². The minimum absolute atomic E-state index is 0.0198. The van der Waals surface area contributed by atoms with Crippen LogP contribution in [0.2, 0.25) is 0 Å². The van der Waals surface area contributed by atoms with Crippen molar-refractivity contribution < 1.29 is 13.9 Å². The Labute approximate surface area is 145 Å². The van der Waals surface area contributed by atoms with Crippen molar-refractivity contribution in [3.8, 4) is 11.1 Å². The maximum absolute atomic E-state index is 12.9. The average Bonchev–Trinajstić information content (AvgIpc) is 2.96. The van der Waals surface area contributed by atoms with Crippen LogP contribution in [0.3, 0.4) is 0 Å². The molecule has 4 rings (SSSR count). The number of carbonyl (C=O) groups is 1. The molecule has 0 aromatic heterocycles. The van der Waals surface area contributed by atoms with Gasteiger partial charge in [0.05, 0.1) is 0 Å². The van der Waals surface area contributed by atoms with E-state index in [1.54, 1.807) is 0 Å². The zero-order valence-electron chi connectivity index (χ0n) is 13.4. The van der Waals surface area contributed by atoms with Gasteiger partial charge in [-0.25, -0.2) is 9.18 Å². The van der Waals surface area contributed by atoms with E-state index in [4.69, 9.17) is 4.74 Å². The van der Waals surface area contributed by atoms with Crippen LogP contribution in [0.5, 0.6) is 0 Å². The summed E-state index contributed by atoms with van der Waals surface area (Å²) in [6, 6.07) is 21.9. The van der Waals surface area contributed by atoms with Crippen LogP contribution in [0.4, 0.5) is 14.9 Å². The van der Waals surface area contributed by atoms with Crippen LogP contribution in [0, 0.1) is 5.82 Å². The van der Waals surface area contributed by atoms with E-state index in [0.29, 0.717) is 5.69 Å². The number of carbonyl (C=O) groups excluding carboxylic acids is 1. The third-order valence-corrected chi connectivity index (χ3v) is 4.43. The van der Waals surface area contributed by atoms with Crippen molar-refractivity contribution in [3.05, 3.63) is 89.7 Å². The predicted octanol–water partition coefficient (Wildman–Crippen LogP) is 5.19. The van der Waals surface area contributed by atoms with Gasteiger partial charge in [0.25, 0.3) is 0 Å². The Morgan fingerprint density at radius 3 is 2.04 bits per heavy atom. The van der Waals surface area contributed by atoms with Gasteiger partial charge in [-0.3, -0.25) is 5.32 Å². The molecule has 3 aromatic rings. The van der Waals surface area contributed by atoms with Gasteiger partial charge in [0.15, 0.2) is 0 Å². The Kier molecular flexibility index (Phi) is 3.94. The minimum Gasteiger partial charge on any atom is -0.448 e. The highest BCUT2D eigenvalue weighted by Gasteiger charge is 2.28. The first-order valence-electron chi connectivity index (χ1n) is 8.10. The Hall–Kier alpha value is -3.14. The highest BCUT2D eigenvalue weighted by molar-refractivity contribution is 5.85. The number of rotatable bonds is 3. The lowest BCUT2D eigenvalue weighted by molar-refractivity contribution is 0.158. The molecule has 0 saturated heterocycles. The number of anilines is 1. The third-order valence-electron chi connectivity index (χ3n) is 4.43. The molecule has 3 nitrogen and oxygen atoms in total. The molecule has 1 N–H and O–H groups in total. The zero-order valence-corrected chi connectivity index (χ0v) is 13.4. The van der Waals surface area contributed by atoms with E-state index in [9.17, 15) is 9.18 Å². The summed E-state index contributed by atoms with van der Waals surface area (Å²) in [7, 11) is 0. The molecule has 0 atom stereocenters. The van der Waals surface area contributed by atoms with Crippen molar-refractivity contribution in [2.24, 2.45) is 0 Å². The molecule has 0 spiro atoms. The normalized spacial score (nSPS) is 12.4. The maximum Gasteiger partial charge on any atom is 0.411 e. The second-order valence-corrected chi connectivity index (χ2v) is 5.96. The van der Waals surface area contributed by atoms with Crippen molar-refractivity contribution in [2.45, 2.75) is 5.92 Å². The molecule has 1 aliphatic rings. The van der Waals surface area contributed by atoms with Crippen LogP contribution in [-0.2, 0) is 4.74 Å². The average molecular weight is 333 g/mol. The molecule has 0 radical (unpaired) electrons. The van der Waals surface area contributed by atoms with Crippen molar-refractivity contribution in [1.82, 2.24) is 0 Å². The number of nitrogens with one attached hydrogen (secondary N) is 1. The number of hydrogen-bond donors (Lipinski definition) is 1. The van der Waals surface area contributed by atoms with Crippen LogP contribution >= 0.6 is 0 Å². The van der Waals surface area contributed by atoms with Gasteiger partial charge in [0.2, 0.25) is 0 Å². The Balaban J connectivity index is 1.49. The lowest BCUT2D eigenvalue weighted by Crippen LogP contribution is -2.17. The topological polar surface area (TPSA) is 38.3 Å². The molecule has 124 valence electrons. The first-order chi connectivity index (χ1) is 12.2. The molecule has 0 heterocycles. The SMILES string of the molecule is O=C(Nc1ccc(F)cc1)OCC1c2ccccc2-c2ccccc21. The largest absolute Gasteiger partial charge is 0.448 e. The van der Waals surface area contributed by atoms with Gasteiger partial charge in [-0.05, 0) is 46.5 Å².